The minimum absolute atomic E-state index is 0.420. The lowest BCUT2D eigenvalue weighted by atomic mass is 10.1. The van der Waals surface area contributed by atoms with Gasteiger partial charge < -0.3 is 4.57 Å². The van der Waals surface area contributed by atoms with Crippen LogP contribution >= 0.6 is 0 Å². The van der Waals surface area contributed by atoms with Crippen molar-refractivity contribution in [2.24, 2.45) is 0 Å². The Morgan fingerprint density at radius 1 is 1.05 bits per heavy atom. The molecule has 100 valence electrons. The van der Waals surface area contributed by atoms with Crippen LogP contribution in [-0.4, -0.2) is 10.9 Å². The molecule has 2 nitrogen and oxygen atoms in total. The summed E-state index contributed by atoms with van der Waals surface area (Å²) in [6.07, 6.45) is 2.64. The summed E-state index contributed by atoms with van der Waals surface area (Å²) < 4.78 is 28.0. The quantitative estimate of drug-likeness (QED) is 0.664. The maximum atomic E-state index is 13.2. The van der Waals surface area contributed by atoms with Gasteiger partial charge in [-0.25, -0.2) is 8.78 Å². The fourth-order valence-corrected chi connectivity index (χ4v) is 2.32. The molecular formula is C16H11F2NO. The molecule has 0 saturated carbocycles. The van der Waals surface area contributed by atoms with Crippen LogP contribution in [0.15, 0.2) is 48.7 Å². The molecule has 0 saturated heterocycles. The number of hydrogen-bond donors (Lipinski definition) is 0. The Morgan fingerprint density at radius 2 is 1.90 bits per heavy atom. The van der Waals surface area contributed by atoms with Gasteiger partial charge in [-0.2, -0.15) is 0 Å². The number of hydrogen-bond acceptors (Lipinski definition) is 1. The first-order valence-corrected chi connectivity index (χ1v) is 6.16. The third kappa shape index (κ3) is 2.09. The second-order valence-corrected chi connectivity index (χ2v) is 4.59. The van der Waals surface area contributed by atoms with E-state index < -0.39 is 11.6 Å². The molecule has 0 radical (unpaired) electrons. The molecule has 0 amide bonds. The van der Waals surface area contributed by atoms with E-state index in [0.29, 0.717) is 17.7 Å². The average Bonchev–Trinajstić information content (AvgIpc) is 2.86. The zero-order valence-electron chi connectivity index (χ0n) is 10.5. The summed E-state index contributed by atoms with van der Waals surface area (Å²) in [6, 6.07) is 11.1. The number of carbonyl (C=O) groups is 1. The van der Waals surface area contributed by atoms with Crippen molar-refractivity contribution in [1.29, 1.82) is 0 Å². The van der Waals surface area contributed by atoms with Gasteiger partial charge >= 0.3 is 0 Å². The number of rotatable bonds is 3. The Labute approximate surface area is 114 Å². The van der Waals surface area contributed by atoms with Gasteiger partial charge in [0.25, 0.3) is 0 Å². The number of aldehydes is 1. The summed E-state index contributed by atoms with van der Waals surface area (Å²) in [6.45, 7) is 0.420. The van der Waals surface area contributed by atoms with Gasteiger partial charge in [0.05, 0.1) is 0 Å². The minimum Gasteiger partial charge on any atom is -0.343 e. The molecule has 4 heteroatoms. The normalized spacial score (nSPS) is 10.9. The summed E-state index contributed by atoms with van der Waals surface area (Å²) in [5, 5.41) is 0.852. The highest BCUT2D eigenvalue weighted by atomic mass is 19.2. The minimum atomic E-state index is -0.854. The first-order valence-electron chi connectivity index (χ1n) is 6.16. The van der Waals surface area contributed by atoms with Gasteiger partial charge in [-0.3, -0.25) is 4.79 Å². The zero-order chi connectivity index (χ0) is 14.1. The number of aromatic nitrogens is 1. The van der Waals surface area contributed by atoms with E-state index in [1.165, 1.54) is 6.07 Å². The van der Waals surface area contributed by atoms with Crippen LogP contribution in [-0.2, 0) is 6.54 Å². The van der Waals surface area contributed by atoms with Gasteiger partial charge in [-0.1, -0.05) is 18.2 Å². The van der Waals surface area contributed by atoms with Gasteiger partial charge in [0.2, 0.25) is 0 Å². The van der Waals surface area contributed by atoms with Gasteiger partial charge in [-0.05, 0) is 29.8 Å². The van der Waals surface area contributed by atoms with Crippen molar-refractivity contribution in [2.75, 3.05) is 0 Å². The van der Waals surface area contributed by atoms with Crippen LogP contribution in [0.3, 0.4) is 0 Å². The van der Waals surface area contributed by atoms with Crippen LogP contribution in [0, 0.1) is 11.6 Å². The van der Waals surface area contributed by atoms with Gasteiger partial charge in [-0.15, -0.1) is 0 Å². The molecule has 20 heavy (non-hydrogen) atoms. The third-order valence-corrected chi connectivity index (χ3v) is 3.31. The molecule has 0 unspecified atom stereocenters. The van der Waals surface area contributed by atoms with Crippen molar-refractivity contribution in [1.82, 2.24) is 4.57 Å². The number of nitrogens with zero attached hydrogens (tertiary/aromatic N) is 1. The molecule has 0 aliphatic heterocycles. The summed E-state index contributed by atoms with van der Waals surface area (Å²) in [4.78, 5) is 11.0. The molecule has 0 aliphatic rings. The summed E-state index contributed by atoms with van der Waals surface area (Å²) in [5.41, 5.74) is 2.17. The van der Waals surface area contributed by atoms with Crippen molar-refractivity contribution in [3.63, 3.8) is 0 Å². The van der Waals surface area contributed by atoms with Crippen molar-refractivity contribution in [3.05, 3.63) is 71.4 Å². The first kappa shape index (κ1) is 12.5. The fraction of sp³-hybridized carbons (Fsp3) is 0.0625. The Hall–Kier alpha value is -2.49. The summed E-state index contributed by atoms with van der Waals surface area (Å²) in [5.74, 6) is -1.71. The van der Waals surface area contributed by atoms with Crippen molar-refractivity contribution in [2.45, 2.75) is 6.54 Å². The molecule has 0 fully saturated rings. The zero-order valence-corrected chi connectivity index (χ0v) is 10.5. The van der Waals surface area contributed by atoms with Gasteiger partial charge in [0, 0.05) is 29.2 Å². The highest BCUT2D eigenvalue weighted by molar-refractivity contribution is 5.97. The maximum absolute atomic E-state index is 13.2. The van der Waals surface area contributed by atoms with Crippen molar-refractivity contribution < 1.29 is 13.6 Å². The summed E-state index contributed by atoms with van der Waals surface area (Å²) in [7, 11) is 0. The number of benzene rings is 2. The van der Waals surface area contributed by atoms with Crippen LogP contribution in [0.5, 0.6) is 0 Å². The van der Waals surface area contributed by atoms with E-state index in [-0.39, 0.29) is 0 Å². The van der Waals surface area contributed by atoms with E-state index in [1.807, 2.05) is 22.9 Å². The highest BCUT2D eigenvalue weighted by Gasteiger charge is 2.07. The highest BCUT2D eigenvalue weighted by Crippen LogP contribution is 2.20. The Balaban J connectivity index is 2.02. The number of halogens is 2. The lowest BCUT2D eigenvalue weighted by Gasteiger charge is -2.06. The predicted molar refractivity (Wildman–Crippen MR) is 72.8 cm³/mol. The topological polar surface area (TPSA) is 22.0 Å². The smallest absolute Gasteiger partial charge is 0.159 e. The van der Waals surface area contributed by atoms with Crippen LogP contribution < -0.4 is 0 Å². The fourth-order valence-electron chi connectivity index (χ4n) is 2.32. The number of carbonyl (C=O) groups excluding carboxylic acids is 1. The summed E-state index contributed by atoms with van der Waals surface area (Å²) >= 11 is 0. The lowest BCUT2D eigenvalue weighted by molar-refractivity contribution is 0.112. The first-order chi connectivity index (χ1) is 9.69. The third-order valence-electron chi connectivity index (χ3n) is 3.31. The lowest BCUT2D eigenvalue weighted by Crippen LogP contribution is -1.99. The van der Waals surface area contributed by atoms with Crippen LogP contribution in [0.1, 0.15) is 15.9 Å². The van der Waals surface area contributed by atoms with Crippen LogP contribution in [0.25, 0.3) is 10.9 Å². The average molecular weight is 271 g/mol. The van der Waals surface area contributed by atoms with Crippen LogP contribution in [0.4, 0.5) is 8.78 Å². The second kappa shape index (κ2) is 4.89. The van der Waals surface area contributed by atoms with Crippen LogP contribution in [0.2, 0.25) is 0 Å². The van der Waals surface area contributed by atoms with Crippen molar-refractivity contribution >= 4 is 17.2 Å². The molecular weight excluding hydrogens is 260 g/mol. The molecule has 0 N–H and O–H groups in total. The SMILES string of the molecule is O=Cc1cccc2c1ccn2Cc1ccc(F)c(F)c1. The van der Waals surface area contributed by atoms with Gasteiger partial charge in [0.1, 0.15) is 0 Å². The molecule has 0 bridgehead atoms. The van der Waals surface area contributed by atoms with E-state index in [1.54, 1.807) is 18.2 Å². The predicted octanol–water partition coefficient (Wildman–Crippen LogP) is 3.78. The molecule has 2 aromatic carbocycles. The molecule has 0 spiro atoms. The van der Waals surface area contributed by atoms with E-state index >= 15 is 0 Å². The molecule has 3 aromatic rings. The van der Waals surface area contributed by atoms with E-state index in [2.05, 4.69) is 0 Å². The Kier molecular flexibility index (Phi) is 3.06. The Bertz CT molecular complexity index is 792. The van der Waals surface area contributed by atoms with Gasteiger partial charge in [0.15, 0.2) is 17.9 Å². The van der Waals surface area contributed by atoms with Crippen molar-refractivity contribution in [3.8, 4) is 0 Å². The van der Waals surface area contributed by atoms with E-state index in [4.69, 9.17) is 0 Å². The van der Waals surface area contributed by atoms with E-state index in [0.717, 1.165) is 23.3 Å². The molecule has 1 aromatic heterocycles. The monoisotopic (exact) mass is 271 g/mol. The Morgan fingerprint density at radius 3 is 2.65 bits per heavy atom. The van der Waals surface area contributed by atoms with E-state index in [9.17, 15) is 13.6 Å². The second-order valence-electron chi connectivity index (χ2n) is 4.59. The molecule has 0 atom stereocenters. The molecule has 0 aliphatic carbocycles. The standard InChI is InChI=1S/C16H11F2NO/c17-14-5-4-11(8-15(14)18)9-19-7-6-13-12(10-20)2-1-3-16(13)19/h1-8,10H,9H2. The number of fused-ring (bicyclic) bond motifs is 1. The molecule has 3 rings (SSSR count). The largest absolute Gasteiger partial charge is 0.343 e. The maximum Gasteiger partial charge on any atom is 0.159 e. The molecule has 1 heterocycles.